The molecule has 0 N–H and O–H groups in total. The summed E-state index contributed by atoms with van der Waals surface area (Å²) in [5, 5.41) is 8.69. The molecule has 4 heteroatoms. The maximum atomic E-state index is 11.9. The number of rotatable bonds is 3. The van der Waals surface area contributed by atoms with Gasteiger partial charge in [-0.25, -0.2) is 4.21 Å². The van der Waals surface area contributed by atoms with Gasteiger partial charge in [0.05, 0.1) is 16.5 Å². The van der Waals surface area contributed by atoms with Crippen LogP contribution in [0, 0.1) is 18.3 Å². The molecule has 0 amide bonds. The Morgan fingerprint density at radius 3 is 2.32 bits per heavy atom. The number of nitrogens with zero attached hydrogens (tertiary/aromatic N) is 2. The van der Waals surface area contributed by atoms with Gasteiger partial charge in [-0.3, -0.25) is 0 Å². The molecule has 0 fully saturated rings. The van der Waals surface area contributed by atoms with Crippen molar-refractivity contribution in [1.82, 2.24) is 0 Å². The van der Waals surface area contributed by atoms with E-state index in [1.165, 1.54) is 0 Å². The summed E-state index contributed by atoms with van der Waals surface area (Å²) < 4.78 is 15.9. The van der Waals surface area contributed by atoms with Crippen LogP contribution in [0.15, 0.2) is 57.8 Å². The molecule has 19 heavy (non-hydrogen) atoms. The molecule has 2 aromatic rings. The third-order valence-corrected chi connectivity index (χ3v) is 3.53. The van der Waals surface area contributed by atoms with E-state index < -0.39 is 11.0 Å². The van der Waals surface area contributed by atoms with Crippen LogP contribution in [0.4, 0.5) is 0 Å². The molecule has 94 valence electrons. The molecule has 0 aromatic heterocycles. The Morgan fingerprint density at radius 1 is 1.11 bits per heavy atom. The molecule has 0 spiro atoms. The predicted octanol–water partition coefficient (Wildman–Crippen LogP) is 3.01. The molecule has 0 heterocycles. The minimum atomic E-state index is -1.39. The predicted molar refractivity (Wildman–Crippen MR) is 76.3 cm³/mol. The second-order valence-electron chi connectivity index (χ2n) is 4.03. The molecular formula is C15H12N2OS. The Labute approximate surface area is 114 Å². The van der Waals surface area contributed by atoms with Crippen LogP contribution < -0.4 is 0 Å². The molecule has 2 rings (SSSR count). The minimum absolute atomic E-state index is 0.594. The Bertz CT molecular complexity index is 652. The molecule has 2 aromatic carbocycles. The van der Waals surface area contributed by atoms with Crippen molar-refractivity contribution in [3.05, 3.63) is 65.2 Å². The topological polar surface area (TPSA) is 53.2 Å². The number of hydrogen-bond acceptors (Lipinski definition) is 2. The molecule has 0 saturated heterocycles. The molecule has 0 aliphatic heterocycles. The summed E-state index contributed by atoms with van der Waals surface area (Å²) in [6.07, 6.45) is 1.55. The van der Waals surface area contributed by atoms with Crippen LogP contribution in [0.25, 0.3) is 0 Å². The van der Waals surface area contributed by atoms with Gasteiger partial charge >= 0.3 is 0 Å². The first-order chi connectivity index (χ1) is 9.19. The quantitative estimate of drug-likeness (QED) is 0.803. The van der Waals surface area contributed by atoms with Gasteiger partial charge in [-0.05, 0) is 36.8 Å². The third-order valence-electron chi connectivity index (χ3n) is 2.56. The molecular weight excluding hydrogens is 256 g/mol. The minimum Gasteiger partial charge on any atom is -0.229 e. The van der Waals surface area contributed by atoms with E-state index in [1.54, 1.807) is 30.5 Å². The van der Waals surface area contributed by atoms with Gasteiger partial charge < -0.3 is 0 Å². The van der Waals surface area contributed by atoms with E-state index in [2.05, 4.69) is 4.40 Å². The summed E-state index contributed by atoms with van der Waals surface area (Å²) in [5.74, 6) is 0. The number of hydrogen-bond donors (Lipinski definition) is 0. The lowest BCUT2D eigenvalue weighted by Crippen LogP contribution is -1.89. The fourth-order valence-corrected chi connectivity index (χ4v) is 2.18. The van der Waals surface area contributed by atoms with Gasteiger partial charge in [0.15, 0.2) is 11.0 Å². The van der Waals surface area contributed by atoms with Crippen molar-refractivity contribution in [2.24, 2.45) is 4.40 Å². The van der Waals surface area contributed by atoms with E-state index in [-0.39, 0.29) is 0 Å². The van der Waals surface area contributed by atoms with E-state index in [0.717, 1.165) is 11.1 Å². The maximum Gasteiger partial charge on any atom is 0.172 e. The first-order valence-corrected chi connectivity index (χ1v) is 6.82. The van der Waals surface area contributed by atoms with Crippen molar-refractivity contribution in [2.75, 3.05) is 0 Å². The lowest BCUT2D eigenvalue weighted by atomic mass is 10.2. The maximum absolute atomic E-state index is 11.9. The van der Waals surface area contributed by atoms with Crippen LogP contribution in [0.1, 0.15) is 16.7 Å². The summed E-state index contributed by atoms with van der Waals surface area (Å²) in [7, 11) is -1.39. The molecule has 3 nitrogen and oxygen atoms in total. The third kappa shape index (κ3) is 3.60. The zero-order chi connectivity index (χ0) is 13.7. The normalized spacial score (nSPS) is 12.2. The van der Waals surface area contributed by atoms with Gasteiger partial charge in [0.25, 0.3) is 0 Å². The summed E-state index contributed by atoms with van der Waals surface area (Å²) >= 11 is 0. The number of benzene rings is 2. The lowest BCUT2D eigenvalue weighted by Gasteiger charge is -1.97. The highest BCUT2D eigenvalue weighted by atomic mass is 32.2. The Morgan fingerprint density at radius 2 is 1.74 bits per heavy atom. The zero-order valence-electron chi connectivity index (χ0n) is 10.4. The summed E-state index contributed by atoms with van der Waals surface area (Å²) in [5.41, 5.74) is 2.54. The van der Waals surface area contributed by atoms with Crippen molar-refractivity contribution in [2.45, 2.75) is 11.8 Å². The molecule has 0 saturated carbocycles. The van der Waals surface area contributed by atoms with Crippen LogP contribution in [0.2, 0.25) is 0 Å². The van der Waals surface area contributed by atoms with Crippen LogP contribution >= 0.6 is 0 Å². The van der Waals surface area contributed by atoms with Crippen LogP contribution in [-0.4, -0.2) is 10.4 Å². The van der Waals surface area contributed by atoms with E-state index in [4.69, 9.17) is 5.26 Å². The standard InChI is InChI=1S/C15H12N2OS/c1-12-2-8-15(9-3-12)19(18)17-11-14-6-4-13(10-16)5-7-14/h2-9,11H,1H3/b17-11+/t19-/m0/s1. The number of nitriles is 1. The fourth-order valence-electron chi connectivity index (χ4n) is 1.47. The van der Waals surface area contributed by atoms with Gasteiger partial charge in [-0.2, -0.15) is 9.66 Å². The molecule has 0 aliphatic rings. The van der Waals surface area contributed by atoms with Crippen molar-refractivity contribution in [3.8, 4) is 6.07 Å². The molecule has 0 aliphatic carbocycles. The summed E-state index contributed by atoms with van der Waals surface area (Å²) in [6, 6.07) is 16.4. The lowest BCUT2D eigenvalue weighted by molar-refractivity contribution is 0.684. The van der Waals surface area contributed by atoms with Gasteiger partial charge in [-0.15, -0.1) is 0 Å². The zero-order valence-corrected chi connectivity index (χ0v) is 11.2. The highest BCUT2D eigenvalue weighted by molar-refractivity contribution is 7.83. The van der Waals surface area contributed by atoms with E-state index >= 15 is 0 Å². The number of aryl methyl sites for hydroxylation is 1. The molecule has 1 atom stereocenters. The smallest absolute Gasteiger partial charge is 0.172 e. The van der Waals surface area contributed by atoms with Gasteiger partial charge in [0.1, 0.15) is 0 Å². The average molecular weight is 268 g/mol. The molecule has 0 unspecified atom stereocenters. The van der Waals surface area contributed by atoms with Crippen LogP contribution in [-0.2, 0) is 11.0 Å². The van der Waals surface area contributed by atoms with E-state index in [9.17, 15) is 4.21 Å². The van der Waals surface area contributed by atoms with Crippen LogP contribution in [0.3, 0.4) is 0 Å². The first kappa shape index (κ1) is 13.2. The van der Waals surface area contributed by atoms with Crippen LogP contribution in [0.5, 0.6) is 0 Å². The monoisotopic (exact) mass is 268 g/mol. The Kier molecular flexibility index (Phi) is 4.22. The first-order valence-electron chi connectivity index (χ1n) is 5.72. The van der Waals surface area contributed by atoms with Crippen molar-refractivity contribution in [1.29, 1.82) is 5.26 Å². The summed E-state index contributed by atoms with van der Waals surface area (Å²) in [6.45, 7) is 1.98. The SMILES string of the molecule is Cc1ccc([S@](=O)/N=C/c2ccc(C#N)cc2)cc1. The average Bonchev–Trinajstić information content (AvgIpc) is 2.46. The van der Waals surface area contributed by atoms with Crippen molar-refractivity contribution >= 4 is 17.2 Å². The Hall–Kier alpha value is -2.25. The van der Waals surface area contributed by atoms with E-state index in [0.29, 0.717) is 10.5 Å². The van der Waals surface area contributed by atoms with Crippen molar-refractivity contribution in [3.63, 3.8) is 0 Å². The summed E-state index contributed by atoms with van der Waals surface area (Å²) in [4.78, 5) is 0.676. The highest BCUT2D eigenvalue weighted by Crippen LogP contribution is 2.09. The molecule has 0 radical (unpaired) electrons. The molecule has 0 bridgehead atoms. The van der Waals surface area contributed by atoms with E-state index in [1.807, 2.05) is 37.3 Å². The fraction of sp³-hybridized carbons (Fsp3) is 0.0667. The largest absolute Gasteiger partial charge is 0.229 e. The van der Waals surface area contributed by atoms with Gasteiger partial charge in [-0.1, -0.05) is 29.8 Å². The highest BCUT2D eigenvalue weighted by Gasteiger charge is 2.00. The Balaban J connectivity index is 2.11. The second-order valence-corrected chi connectivity index (χ2v) is 5.21. The van der Waals surface area contributed by atoms with Gasteiger partial charge in [0, 0.05) is 6.21 Å². The second kappa shape index (κ2) is 6.07. The van der Waals surface area contributed by atoms with Crippen molar-refractivity contribution < 1.29 is 4.21 Å². The van der Waals surface area contributed by atoms with Gasteiger partial charge in [0.2, 0.25) is 0 Å².